The first kappa shape index (κ1) is 14.8. The molecule has 0 bridgehead atoms. The van der Waals surface area contributed by atoms with Crippen molar-refractivity contribution < 1.29 is 4.79 Å². The number of halogens is 1. The highest BCUT2D eigenvalue weighted by molar-refractivity contribution is 7.98. The Balaban J connectivity index is 2.27. The van der Waals surface area contributed by atoms with Crippen LogP contribution in [0.15, 0.2) is 35.6 Å². The van der Waals surface area contributed by atoms with E-state index in [0.717, 1.165) is 5.69 Å². The lowest BCUT2D eigenvalue weighted by atomic mass is 10.1. The Bertz CT molecular complexity index is 634. The Hall–Kier alpha value is -1.59. The van der Waals surface area contributed by atoms with Crippen molar-refractivity contribution in [3.8, 4) is 0 Å². The van der Waals surface area contributed by atoms with Crippen LogP contribution in [-0.4, -0.2) is 22.1 Å². The monoisotopic (exact) mass is 307 g/mol. The van der Waals surface area contributed by atoms with Crippen LogP contribution in [0.5, 0.6) is 0 Å². The average Bonchev–Trinajstić information content (AvgIpc) is 2.48. The molecule has 1 aromatic heterocycles. The zero-order valence-corrected chi connectivity index (χ0v) is 12.8. The molecule has 20 heavy (non-hydrogen) atoms. The molecule has 0 aliphatic carbocycles. The van der Waals surface area contributed by atoms with E-state index in [1.807, 2.05) is 25.3 Å². The maximum atomic E-state index is 12.3. The lowest BCUT2D eigenvalue weighted by molar-refractivity contribution is 0.102. The second-order valence-corrected chi connectivity index (χ2v) is 5.19. The molecule has 6 heteroatoms. The molecule has 1 N–H and O–H groups in total. The molecule has 2 aromatic rings. The molecule has 0 radical (unpaired) electrons. The number of benzene rings is 1. The van der Waals surface area contributed by atoms with Crippen LogP contribution in [0.25, 0.3) is 0 Å². The molecule has 1 heterocycles. The Morgan fingerprint density at radius 3 is 2.80 bits per heavy atom. The van der Waals surface area contributed by atoms with Gasteiger partial charge in [-0.3, -0.25) is 4.79 Å². The number of hydrogen-bond acceptors (Lipinski definition) is 4. The van der Waals surface area contributed by atoms with Crippen molar-refractivity contribution in [2.24, 2.45) is 0 Å². The van der Waals surface area contributed by atoms with Gasteiger partial charge in [-0.1, -0.05) is 42.4 Å². The standard InChI is InChI=1S/C14H14ClN3OS/c1-3-11-9(8-16-14(18-11)20-2)13(19)17-12-7-5-4-6-10(12)15/h4-8H,3H2,1-2H3,(H,17,19). The fourth-order valence-corrected chi connectivity index (χ4v) is 2.25. The highest BCUT2D eigenvalue weighted by atomic mass is 35.5. The van der Waals surface area contributed by atoms with Gasteiger partial charge in [0.15, 0.2) is 5.16 Å². The summed E-state index contributed by atoms with van der Waals surface area (Å²) in [5, 5.41) is 3.94. The third-order valence-electron chi connectivity index (χ3n) is 2.73. The van der Waals surface area contributed by atoms with Crippen LogP contribution in [0.2, 0.25) is 5.02 Å². The van der Waals surface area contributed by atoms with E-state index in [1.54, 1.807) is 18.3 Å². The summed E-state index contributed by atoms with van der Waals surface area (Å²) in [4.78, 5) is 20.8. The van der Waals surface area contributed by atoms with E-state index in [0.29, 0.717) is 27.9 Å². The minimum Gasteiger partial charge on any atom is -0.321 e. The fraction of sp³-hybridized carbons (Fsp3) is 0.214. The number of nitrogens with zero attached hydrogens (tertiary/aromatic N) is 2. The Kier molecular flexibility index (Phi) is 4.98. The van der Waals surface area contributed by atoms with Crippen molar-refractivity contribution in [1.82, 2.24) is 9.97 Å². The first-order valence-electron chi connectivity index (χ1n) is 6.11. The number of anilines is 1. The van der Waals surface area contributed by atoms with Gasteiger partial charge in [0, 0.05) is 6.20 Å². The molecule has 0 aliphatic rings. The van der Waals surface area contributed by atoms with Gasteiger partial charge in [0.25, 0.3) is 5.91 Å². The number of hydrogen-bond donors (Lipinski definition) is 1. The predicted octanol–water partition coefficient (Wildman–Crippen LogP) is 3.67. The summed E-state index contributed by atoms with van der Waals surface area (Å²) >= 11 is 7.48. The summed E-state index contributed by atoms with van der Waals surface area (Å²) in [6.45, 7) is 1.96. The highest BCUT2D eigenvalue weighted by Crippen LogP contribution is 2.22. The summed E-state index contributed by atoms with van der Waals surface area (Å²) in [5.41, 5.74) is 1.79. The quantitative estimate of drug-likeness (QED) is 0.691. The van der Waals surface area contributed by atoms with Gasteiger partial charge in [-0.15, -0.1) is 0 Å². The van der Waals surface area contributed by atoms with Gasteiger partial charge in [-0.05, 0) is 24.8 Å². The van der Waals surface area contributed by atoms with E-state index in [1.165, 1.54) is 11.8 Å². The minimum atomic E-state index is -0.248. The van der Waals surface area contributed by atoms with Gasteiger partial charge >= 0.3 is 0 Å². The molecule has 0 fully saturated rings. The molecular weight excluding hydrogens is 294 g/mol. The molecule has 0 saturated carbocycles. The predicted molar refractivity (Wildman–Crippen MR) is 82.6 cm³/mol. The molecular formula is C14H14ClN3OS. The number of thioether (sulfide) groups is 1. The molecule has 0 aliphatic heterocycles. The van der Waals surface area contributed by atoms with Crippen molar-refractivity contribution in [3.63, 3.8) is 0 Å². The lowest BCUT2D eigenvalue weighted by Gasteiger charge is -2.10. The number of nitrogens with one attached hydrogen (secondary N) is 1. The van der Waals surface area contributed by atoms with Crippen LogP contribution in [-0.2, 0) is 6.42 Å². The van der Waals surface area contributed by atoms with Gasteiger partial charge in [-0.25, -0.2) is 9.97 Å². The van der Waals surface area contributed by atoms with Crippen LogP contribution in [0.4, 0.5) is 5.69 Å². The molecule has 0 atom stereocenters. The number of amides is 1. The van der Waals surface area contributed by atoms with Crippen molar-refractivity contribution >= 4 is 35.0 Å². The molecule has 0 saturated heterocycles. The molecule has 2 rings (SSSR count). The van der Waals surface area contributed by atoms with Crippen molar-refractivity contribution in [1.29, 1.82) is 0 Å². The minimum absolute atomic E-state index is 0.248. The molecule has 4 nitrogen and oxygen atoms in total. The van der Waals surface area contributed by atoms with Crippen LogP contribution in [0, 0.1) is 0 Å². The Labute approximate surface area is 127 Å². The molecule has 1 aromatic carbocycles. The largest absolute Gasteiger partial charge is 0.321 e. The summed E-state index contributed by atoms with van der Waals surface area (Å²) in [6, 6.07) is 7.11. The van der Waals surface area contributed by atoms with Crippen molar-refractivity contribution in [2.75, 3.05) is 11.6 Å². The second kappa shape index (κ2) is 6.72. The Morgan fingerprint density at radius 1 is 1.40 bits per heavy atom. The molecule has 0 spiro atoms. The first-order chi connectivity index (χ1) is 9.65. The second-order valence-electron chi connectivity index (χ2n) is 4.00. The Morgan fingerprint density at radius 2 is 2.15 bits per heavy atom. The molecule has 1 amide bonds. The highest BCUT2D eigenvalue weighted by Gasteiger charge is 2.14. The zero-order valence-electron chi connectivity index (χ0n) is 11.2. The van der Waals surface area contributed by atoms with Crippen molar-refractivity contribution in [3.05, 3.63) is 46.7 Å². The summed E-state index contributed by atoms with van der Waals surface area (Å²) in [7, 11) is 0. The third kappa shape index (κ3) is 3.29. The van der Waals surface area contributed by atoms with E-state index >= 15 is 0 Å². The smallest absolute Gasteiger partial charge is 0.259 e. The zero-order chi connectivity index (χ0) is 14.5. The van der Waals surface area contributed by atoms with E-state index in [-0.39, 0.29) is 5.91 Å². The normalized spacial score (nSPS) is 10.3. The summed E-state index contributed by atoms with van der Waals surface area (Å²) in [5.74, 6) is -0.248. The number of rotatable bonds is 4. The number of para-hydroxylation sites is 1. The molecule has 104 valence electrons. The van der Waals surface area contributed by atoms with Gasteiger partial charge in [0.1, 0.15) is 0 Å². The van der Waals surface area contributed by atoms with Crippen molar-refractivity contribution in [2.45, 2.75) is 18.5 Å². The number of aromatic nitrogens is 2. The maximum Gasteiger partial charge on any atom is 0.259 e. The topological polar surface area (TPSA) is 54.9 Å². The number of aryl methyl sites for hydroxylation is 1. The SMILES string of the molecule is CCc1nc(SC)ncc1C(=O)Nc1ccccc1Cl. The average molecular weight is 308 g/mol. The van der Waals surface area contributed by atoms with Gasteiger partial charge < -0.3 is 5.32 Å². The van der Waals surface area contributed by atoms with E-state index in [4.69, 9.17) is 11.6 Å². The van der Waals surface area contributed by atoms with E-state index in [2.05, 4.69) is 15.3 Å². The van der Waals surface area contributed by atoms with E-state index in [9.17, 15) is 4.79 Å². The molecule has 0 unspecified atom stereocenters. The number of carbonyl (C=O) groups is 1. The lowest BCUT2D eigenvalue weighted by Crippen LogP contribution is -2.16. The van der Waals surface area contributed by atoms with Gasteiger partial charge in [-0.2, -0.15) is 0 Å². The summed E-state index contributed by atoms with van der Waals surface area (Å²) < 4.78 is 0. The van der Waals surface area contributed by atoms with Crippen LogP contribution in [0.1, 0.15) is 23.0 Å². The summed E-state index contributed by atoms with van der Waals surface area (Å²) in [6.07, 6.45) is 4.13. The fourth-order valence-electron chi connectivity index (χ4n) is 1.71. The van der Waals surface area contributed by atoms with E-state index < -0.39 is 0 Å². The van der Waals surface area contributed by atoms with Crippen LogP contribution < -0.4 is 5.32 Å². The van der Waals surface area contributed by atoms with Gasteiger partial charge in [0.05, 0.1) is 22.0 Å². The van der Waals surface area contributed by atoms with Crippen LogP contribution in [0.3, 0.4) is 0 Å². The maximum absolute atomic E-state index is 12.3. The third-order valence-corrected chi connectivity index (χ3v) is 3.62. The van der Waals surface area contributed by atoms with Gasteiger partial charge in [0.2, 0.25) is 0 Å². The first-order valence-corrected chi connectivity index (χ1v) is 7.71. The van der Waals surface area contributed by atoms with Crippen LogP contribution >= 0.6 is 23.4 Å². The number of carbonyl (C=O) groups excluding carboxylic acids is 1.